The molecule has 2 rings (SSSR count). The van der Waals surface area contributed by atoms with Crippen molar-refractivity contribution < 1.29 is 5.21 Å². The van der Waals surface area contributed by atoms with Crippen LogP contribution in [-0.4, -0.2) is 28.6 Å². The quantitative estimate of drug-likeness (QED) is 0.362. The summed E-state index contributed by atoms with van der Waals surface area (Å²) in [5.41, 5.74) is 7.18. The van der Waals surface area contributed by atoms with Gasteiger partial charge in [-0.1, -0.05) is 12.1 Å². The van der Waals surface area contributed by atoms with Crippen molar-refractivity contribution in [1.82, 2.24) is 4.98 Å². The monoisotopic (exact) mass is 248 g/mol. The highest BCUT2D eigenvalue weighted by atomic mass is 16.4. The maximum Gasteiger partial charge on any atom is 0.188 e. The minimum absolute atomic E-state index is 0.0505. The third-order valence-electron chi connectivity index (χ3n) is 3.82. The summed E-state index contributed by atoms with van der Waals surface area (Å²) < 4.78 is 0. The van der Waals surface area contributed by atoms with Gasteiger partial charge in [0.1, 0.15) is 5.69 Å². The molecule has 1 fully saturated rings. The summed E-state index contributed by atoms with van der Waals surface area (Å²) in [6.45, 7) is 5.57. The Morgan fingerprint density at radius 2 is 2.33 bits per heavy atom. The van der Waals surface area contributed by atoms with E-state index in [1.165, 1.54) is 12.8 Å². The lowest BCUT2D eigenvalue weighted by molar-refractivity contribution is 0.318. The van der Waals surface area contributed by atoms with Crippen LogP contribution in [0.5, 0.6) is 0 Å². The molecule has 18 heavy (non-hydrogen) atoms. The van der Waals surface area contributed by atoms with Gasteiger partial charge in [-0.05, 0) is 37.8 Å². The van der Waals surface area contributed by atoms with Crippen molar-refractivity contribution in [2.75, 3.05) is 11.4 Å². The van der Waals surface area contributed by atoms with Gasteiger partial charge in [0, 0.05) is 24.5 Å². The second kappa shape index (κ2) is 5.25. The zero-order chi connectivity index (χ0) is 13.1. The highest BCUT2D eigenvalue weighted by Crippen LogP contribution is 2.28. The molecule has 0 spiro atoms. The average molecular weight is 248 g/mol. The van der Waals surface area contributed by atoms with Crippen LogP contribution in [0.25, 0.3) is 0 Å². The average Bonchev–Trinajstić information content (AvgIpc) is 2.41. The molecule has 1 aliphatic rings. The van der Waals surface area contributed by atoms with Gasteiger partial charge >= 0.3 is 0 Å². The van der Waals surface area contributed by atoms with E-state index in [0.717, 1.165) is 12.2 Å². The Labute approximate surface area is 107 Å². The van der Waals surface area contributed by atoms with Gasteiger partial charge in [0.15, 0.2) is 5.84 Å². The lowest BCUT2D eigenvalue weighted by Crippen LogP contribution is -2.42. The number of anilines is 1. The van der Waals surface area contributed by atoms with Crippen molar-refractivity contribution in [3.63, 3.8) is 0 Å². The van der Waals surface area contributed by atoms with Crippen LogP contribution in [0.1, 0.15) is 32.4 Å². The molecule has 1 aliphatic heterocycles. The molecule has 0 amide bonds. The Bertz CT molecular complexity index is 446. The highest BCUT2D eigenvalue weighted by Gasteiger charge is 2.25. The largest absolute Gasteiger partial charge is 0.409 e. The molecule has 98 valence electrons. The second-order valence-corrected chi connectivity index (χ2v) is 4.94. The smallest absolute Gasteiger partial charge is 0.188 e. The summed E-state index contributed by atoms with van der Waals surface area (Å²) in [5.74, 6) is 0.730. The van der Waals surface area contributed by atoms with Gasteiger partial charge in [-0.15, -0.1) is 0 Å². The molecule has 1 aromatic heterocycles. The first-order valence-electron chi connectivity index (χ1n) is 6.34. The number of amidine groups is 1. The summed E-state index contributed by atoms with van der Waals surface area (Å²) >= 11 is 0. The normalized spacial score (nSPS) is 25.2. The van der Waals surface area contributed by atoms with E-state index in [9.17, 15) is 0 Å². The molecule has 3 N–H and O–H groups in total. The van der Waals surface area contributed by atoms with Crippen molar-refractivity contribution >= 4 is 11.5 Å². The van der Waals surface area contributed by atoms with Crippen molar-refractivity contribution in [3.8, 4) is 0 Å². The number of aromatic nitrogens is 1. The number of oxime groups is 1. The number of pyridine rings is 1. The van der Waals surface area contributed by atoms with Crippen molar-refractivity contribution in [2.24, 2.45) is 16.8 Å². The van der Waals surface area contributed by atoms with E-state index in [0.29, 0.717) is 17.7 Å². The van der Waals surface area contributed by atoms with Crippen LogP contribution < -0.4 is 10.6 Å². The fourth-order valence-corrected chi connectivity index (χ4v) is 2.49. The molecule has 1 saturated heterocycles. The van der Waals surface area contributed by atoms with E-state index in [1.54, 1.807) is 6.20 Å². The van der Waals surface area contributed by atoms with E-state index in [1.807, 2.05) is 12.1 Å². The van der Waals surface area contributed by atoms with Gasteiger partial charge in [-0.2, -0.15) is 0 Å². The van der Waals surface area contributed by atoms with E-state index in [2.05, 4.69) is 28.9 Å². The first kappa shape index (κ1) is 12.7. The summed E-state index contributed by atoms with van der Waals surface area (Å²) in [5, 5.41) is 11.7. The van der Waals surface area contributed by atoms with Crippen LogP contribution in [0.15, 0.2) is 23.5 Å². The van der Waals surface area contributed by atoms with E-state index in [-0.39, 0.29) is 5.84 Å². The fraction of sp³-hybridized carbons (Fsp3) is 0.538. The molecule has 0 aromatic carbocycles. The molecule has 2 unspecified atom stereocenters. The molecule has 5 nitrogen and oxygen atoms in total. The van der Waals surface area contributed by atoms with E-state index < -0.39 is 0 Å². The third kappa shape index (κ3) is 2.39. The fourth-order valence-electron chi connectivity index (χ4n) is 2.49. The predicted molar refractivity (Wildman–Crippen MR) is 72.0 cm³/mol. The summed E-state index contributed by atoms with van der Waals surface area (Å²) in [7, 11) is 0. The number of hydrogen-bond donors (Lipinski definition) is 2. The standard InChI is InChI=1S/C13H20N4O/c1-9-4-3-7-17(10(9)2)11-5-6-15-12(8-11)13(14)16-18/h5-6,8-10,18H,3-4,7H2,1-2H3,(H2,14,16). The van der Waals surface area contributed by atoms with E-state index >= 15 is 0 Å². The molecular formula is C13H20N4O. The van der Waals surface area contributed by atoms with Crippen LogP contribution in [0.4, 0.5) is 5.69 Å². The van der Waals surface area contributed by atoms with Gasteiger partial charge in [0.25, 0.3) is 0 Å². The summed E-state index contributed by atoms with van der Waals surface area (Å²) in [6, 6.07) is 4.35. The van der Waals surface area contributed by atoms with E-state index in [4.69, 9.17) is 10.9 Å². The lowest BCUT2D eigenvalue weighted by atomic mass is 9.91. The molecule has 0 saturated carbocycles. The molecule has 2 atom stereocenters. The van der Waals surface area contributed by atoms with Crippen LogP contribution in [-0.2, 0) is 0 Å². The maximum absolute atomic E-state index is 8.69. The maximum atomic E-state index is 8.69. The minimum Gasteiger partial charge on any atom is -0.409 e. The lowest BCUT2D eigenvalue weighted by Gasteiger charge is -2.39. The van der Waals surface area contributed by atoms with Gasteiger partial charge in [0.05, 0.1) is 0 Å². The van der Waals surface area contributed by atoms with Gasteiger partial charge in [-0.25, -0.2) is 0 Å². The zero-order valence-corrected chi connectivity index (χ0v) is 10.9. The molecule has 0 radical (unpaired) electrons. The molecule has 0 aliphatic carbocycles. The Morgan fingerprint density at radius 3 is 3.06 bits per heavy atom. The number of piperidine rings is 1. The Hall–Kier alpha value is -1.78. The van der Waals surface area contributed by atoms with Crippen LogP contribution in [0.3, 0.4) is 0 Å². The van der Waals surface area contributed by atoms with Gasteiger partial charge in [0.2, 0.25) is 0 Å². The number of rotatable bonds is 2. The number of nitrogens with zero attached hydrogens (tertiary/aromatic N) is 3. The zero-order valence-electron chi connectivity index (χ0n) is 10.9. The van der Waals surface area contributed by atoms with Crippen molar-refractivity contribution in [1.29, 1.82) is 0 Å². The first-order chi connectivity index (χ1) is 8.63. The highest BCUT2D eigenvalue weighted by molar-refractivity contribution is 5.95. The SMILES string of the molecule is CC1CCCN(c2ccnc(C(N)=NO)c2)C1C. The predicted octanol–water partition coefficient (Wildman–Crippen LogP) is 1.80. The van der Waals surface area contributed by atoms with Gasteiger partial charge in [-0.3, -0.25) is 4.98 Å². The van der Waals surface area contributed by atoms with Crippen LogP contribution in [0, 0.1) is 5.92 Å². The number of hydrogen-bond acceptors (Lipinski definition) is 4. The van der Waals surface area contributed by atoms with Crippen LogP contribution >= 0.6 is 0 Å². The molecule has 5 heteroatoms. The molecular weight excluding hydrogens is 228 g/mol. The van der Waals surface area contributed by atoms with Gasteiger partial charge < -0.3 is 15.8 Å². The summed E-state index contributed by atoms with van der Waals surface area (Å²) in [6.07, 6.45) is 4.18. The Kier molecular flexibility index (Phi) is 3.69. The third-order valence-corrected chi connectivity index (χ3v) is 3.82. The topological polar surface area (TPSA) is 74.7 Å². The number of nitrogens with two attached hydrogens (primary N) is 1. The minimum atomic E-state index is 0.0505. The van der Waals surface area contributed by atoms with Crippen molar-refractivity contribution in [2.45, 2.75) is 32.7 Å². The van der Waals surface area contributed by atoms with Crippen LogP contribution in [0.2, 0.25) is 0 Å². The molecule has 0 bridgehead atoms. The second-order valence-electron chi connectivity index (χ2n) is 4.94. The first-order valence-corrected chi connectivity index (χ1v) is 6.34. The summed E-state index contributed by atoms with van der Waals surface area (Å²) in [4.78, 5) is 6.47. The Morgan fingerprint density at radius 1 is 1.56 bits per heavy atom. The Balaban J connectivity index is 2.27. The molecule has 1 aromatic rings. The molecule has 2 heterocycles. The van der Waals surface area contributed by atoms with Crippen molar-refractivity contribution in [3.05, 3.63) is 24.0 Å².